The van der Waals surface area contributed by atoms with Gasteiger partial charge in [-0.1, -0.05) is 185 Å². The van der Waals surface area contributed by atoms with E-state index in [0.29, 0.717) is 61.5 Å². The lowest BCUT2D eigenvalue weighted by molar-refractivity contribution is 0.0931. The maximum absolute atomic E-state index is 12.5. The molecular formula is C101H111Cl3N10O10S4. The summed E-state index contributed by atoms with van der Waals surface area (Å²) in [4.78, 5) is 65.6. The summed E-state index contributed by atoms with van der Waals surface area (Å²) >= 11 is 24.5. The Kier molecular flexibility index (Phi) is 34.5. The number of hydrogen-bond acceptors (Lipinski definition) is 23. The van der Waals surface area contributed by atoms with Gasteiger partial charge in [0, 0.05) is 120 Å². The van der Waals surface area contributed by atoms with E-state index >= 15 is 0 Å². The van der Waals surface area contributed by atoms with Crippen molar-refractivity contribution in [3.63, 3.8) is 0 Å². The predicted molar refractivity (Wildman–Crippen MR) is 513 cm³/mol. The van der Waals surface area contributed by atoms with Crippen molar-refractivity contribution in [2.45, 2.75) is 203 Å². The molecule has 1 aliphatic carbocycles. The summed E-state index contributed by atoms with van der Waals surface area (Å²) < 4.78 is 38.7. The number of carbonyl (C=O) groups is 3. The molecule has 20 nitrogen and oxygen atoms in total. The Hall–Kier alpha value is -10.1. The summed E-state index contributed by atoms with van der Waals surface area (Å²) in [5, 5.41) is 20.3. The molecule has 1 amide bonds. The number of halogens is 3. The predicted octanol–water partition coefficient (Wildman–Crippen LogP) is 23.8. The van der Waals surface area contributed by atoms with E-state index in [9.17, 15) is 14.4 Å². The number of nitrogens with zero attached hydrogens (tertiary/aromatic N) is 8. The lowest BCUT2D eigenvalue weighted by atomic mass is 10.0. The van der Waals surface area contributed by atoms with Crippen molar-refractivity contribution < 1.29 is 47.5 Å². The van der Waals surface area contributed by atoms with Gasteiger partial charge >= 0.3 is 0 Å². The Labute approximate surface area is 782 Å². The van der Waals surface area contributed by atoms with Crippen LogP contribution in [0, 0.1) is 12.8 Å². The monoisotopic (exact) mass is 1860 g/mol. The van der Waals surface area contributed by atoms with Gasteiger partial charge in [0.1, 0.15) is 42.9 Å². The number of aryl methyl sites for hydroxylation is 1. The molecule has 8 heterocycles. The van der Waals surface area contributed by atoms with Gasteiger partial charge in [0.05, 0.1) is 44.2 Å². The van der Waals surface area contributed by atoms with Crippen molar-refractivity contribution in [2.75, 3.05) is 27.0 Å². The maximum atomic E-state index is 12.5. The van der Waals surface area contributed by atoms with Gasteiger partial charge in [-0.25, -0.2) is 19.9 Å². The molecule has 0 saturated heterocycles. The molecule has 2 N–H and O–H groups in total. The summed E-state index contributed by atoms with van der Waals surface area (Å²) in [5.74, 6) is 6.55. The van der Waals surface area contributed by atoms with Crippen LogP contribution in [-0.4, -0.2) is 96.1 Å². The summed E-state index contributed by atoms with van der Waals surface area (Å²) in [7, 11) is 0. The summed E-state index contributed by atoms with van der Waals surface area (Å²) in [6.45, 7) is 27.2. The number of benzene rings is 8. The molecule has 1 unspecified atom stereocenters. The lowest BCUT2D eigenvalue weighted by Gasteiger charge is -2.22. The van der Waals surface area contributed by atoms with E-state index < -0.39 is 0 Å². The molecule has 0 bridgehead atoms. The molecule has 0 radical (unpaired) electrons. The highest BCUT2D eigenvalue weighted by Gasteiger charge is 2.26. The van der Waals surface area contributed by atoms with Crippen molar-refractivity contribution in [1.82, 2.24) is 50.2 Å². The number of hydrogen-bond donors (Lipinski definition) is 2. The molecule has 4 aliphatic heterocycles. The lowest BCUT2D eigenvalue weighted by Crippen LogP contribution is -2.32. The summed E-state index contributed by atoms with van der Waals surface area (Å²) in [5.41, 5.74) is 15.6. The molecule has 0 spiro atoms. The number of Topliss-reactive ketones (excluding diaryl/α,β-unsaturated/α-hetero) is 2. The van der Waals surface area contributed by atoms with Crippen molar-refractivity contribution in [1.29, 1.82) is 0 Å². The van der Waals surface area contributed by atoms with Crippen LogP contribution in [0.5, 0.6) is 40.2 Å². The third kappa shape index (κ3) is 29.0. The van der Waals surface area contributed by atoms with E-state index in [0.717, 1.165) is 208 Å². The second kappa shape index (κ2) is 47.0. The fourth-order valence-electron chi connectivity index (χ4n) is 14.8. The van der Waals surface area contributed by atoms with Crippen LogP contribution in [0.1, 0.15) is 212 Å². The zero-order chi connectivity index (χ0) is 89.3. The third-order valence-corrected chi connectivity index (χ3v) is 26.2. The van der Waals surface area contributed by atoms with Crippen LogP contribution >= 0.6 is 80.1 Å². The average molecular weight is 1860 g/mol. The zero-order valence-electron chi connectivity index (χ0n) is 73.4. The molecule has 1 saturated carbocycles. The van der Waals surface area contributed by atoms with Gasteiger partial charge in [-0.3, -0.25) is 34.0 Å². The van der Waals surface area contributed by atoms with E-state index in [1.807, 2.05) is 102 Å². The molecule has 12 aromatic rings. The Bertz CT molecular complexity index is 5650. The second-order valence-electron chi connectivity index (χ2n) is 33.3. The molecule has 4 aromatic heterocycles. The molecule has 27 heteroatoms. The zero-order valence-corrected chi connectivity index (χ0v) is 79.0. The SMILES string of the molecule is C=C(NC1CC1)c1csc(CN(Cc2ccc(Cl)cc2)Cc2ccc3c(c2)OCO3)n1.CC(C)CCCC(=O)c1csc(CN(Cc2ccc(Cl)cc2)Cc2ccc3c(c2)OCO3)n1.CCC(C)NC(=O)c1csc(CN(Cc2ccc(C)cc2)Cc2ccc3c(c2)OCO3)n1.CCCCCC(=O)c1csc(CN(Cc2ccc(Cl)cc2)Cc2ccc3c(c2)OCC3)n1. The minimum absolute atomic E-state index is 0.109. The van der Waals surface area contributed by atoms with E-state index in [-0.39, 0.29) is 43.9 Å². The molecular weight excluding hydrogens is 1750 g/mol. The smallest absolute Gasteiger partial charge is 0.270 e. The molecule has 1 fully saturated rings. The number of aromatic nitrogens is 4. The van der Waals surface area contributed by atoms with Crippen LogP contribution in [0.2, 0.25) is 15.1 Å². The fourth-order valence-corrected chi connectivity index (χ4v) is 18.6. The first-order valence-corrected chi connectivity index (χ1v) is 48.5. The number of ether oxygens (including phenoxy) is 7. The topological polar surface area (TPSA) is 204 Å². The number of rotatable bonds is 40. The van der Waals surface area contributed by atoms with Crippen molar-refractivity contribution in [2.24, 2.45) is 5.92 Å². The van der Waals surface area contributed by atoms with E-state index in [1.165, 1.54) is 68.7 Å². The number of ketones is 2. The van der Waals surface area contributed by atoms with Gasteiger partial charge in [-0.15, -0.1) is 45.3 Å². The van der Waals surface area contributed by atoms with Crippen LogP contribution in [-0.2, 0) is 85.0 Å². The number of fused-ring (bicyclic) bond motifs is 4. The Morgan fingerprint density at radius 3 is 1.18 bits per heavy atom. The minimum Gasteiger partial charge on any atom is -0.493 e. The first-order chi connectivity index (χ1) is 62.2. The largest absolute Gasteiger partial charge is 0.493 e. The summed E-state index contributed by atoms with van der Waals surface area (Å²) in [6, 6.07) is 58.0. The highest BCUT2D eigenvalue weighted by molar-refractivity contribution is 7.10. The fraction of sp³-hybridized carbons (Fsp3) is 0.356. The number of nitrogens with one attached hydrogen (secondary N) is 2. The van der Waals surface area contributed by atoms with Gasteiger partial charge in [0.2, 0.25) is 20.4 Å². The van der Waals surface area contributed by atoms with Gasteiger partial charge in [-0.05, 0) is 181 Å². The normalized spacial score (nSPS) is 13.4. The van der Waals surface area contributed by atoms with Crippen molar-refractivity contribution >= 4 is 103 Å². The van der Waals surface area contributed by atoms with Gasteiger partial charge in [-0.2, -0.15) is 0 Å². The van der Waals surface area contributed by atoms with Crippen LogP contribution in [0.4, 0.5) is 0 Å². The highest BCUT2D eigenvalue weighted by atomic mass is 35.5. The average Bonchev–Trinajstić information content (AvgIpc) is 1.60. The first-order valence-electron chi connectivity index (χ1n) is 43.9. The van der Waals surface area contributed by atoms with Crippen molar-refractivity contribution in [3.05, 3.63) is 311 Å². The molecule has 670 valence electrons. The second-order valence-corrected chi connectivity index (χ2v) is 38.4. The number of amides is 1. The van der Waals surface area contributed by atoms with E-state index in [1.54, 1.807) is 34.0 Å². The van der Waals surface area contributed by atoms with Gasteiger partial charge in [0.25, 0.3) is 5.91 Å². The molecule has 1 atom stereocenters. The quantitative estimate of drug-likeness (QED) is 0.0271. The number of unbranched alkanes of at least 4 members (excludes halogenated alkanes) is 2. The molecule has 5 aliphatic rings. The number of carbonyl (C=O) groups excluding carboxylic acids is 3. The standard InChI is InChI=1S/C26H29ClN2O3S.C26H29ClN2O2S.C25H29N3O3S.C24H24ClN3O2S/c1-18(2)4-3-5-23(30)22-16-33-26(28-22)15-29(13-19-6-9-21(27)10-7-19)14-20-8-11-24-25(12-20)32-17-31-24;1-2-3-4-5-24(30)23-18-32-26(28-23)17-29(15-19-7-10-22(27)11-8-19)16-20-6-9-21-12-13-31-25(21)14-20;1-4-18(3)26-25(29)21-15-32-24(27-21)14-28(12-19-7-5-17(2)6-8-19)13-20-9-10-22-23(11-20)31-16-30-22;1-16(26-20-7-8-20)21-14-31-24(27-21)13-28(11-17-2-5-19(25)6-3-17)12-18-4-9-22-23(10-18)30-15-29-22/h6-12,16,18H,3-5,13-15,17H2,1-2H3;6-11,14,18H,2-5,12-13,15-17H2,1H3;5-11,15,18H,4,12-14,16H2,1-3H3,(H,26,29);2-6,9-10,14,20,26H,1,7-8,11-13,15H2. The van der Waals surface area contributed by atoms with E-state index in [4.69, 9.17) is 72.9 Å². The molecule has 128 heavy (non-hydrogen) atoms. The van der Waals surface area contributed by atoms with Crippen molar-refractivity contribution in [3.8, 4) is 40.2 Å². The maximum Gasteiger partial charge on any atom is 0.270 e. The highest BCUT2D eigenvalue weighted by Crippen LogP contribution is 2.38. The Morgan fingerprint density at radius 1 is 0.422 bits per heavy atom. The van der Waals surface area contributed by atoms with Gasteiger partial charge < -0.3 is 43.8 Å². The minimum atomic E-state index is -0.109. The molecule has 17 rings (SSSR count). The Morgan fingerprint density at radius 2 is 0.773 bits per heavy atom. The van der Waals surface area contributed by atoms with Gasteiger partial charge in [0.15, 0.2) is 46.1 Å². The third-order valence-electron chi connectivity index (χ3n) is 22.1. The van der Waals surface area contributed by atoms with Crippen LogP contribution in [0.15, 0.2) is 198 Å². The van der Waals surface area contributed by atoms with Crippen LogP contribution < -0.4 is 43.8 Å². The number of thiazole rings is 4. The van der Waals surface area contributed by atoms with Crippen LogP contribution in [0.3, 0.4) is 0 Å². The van der Waals surface area contributed by atoms with Crippen LogP contribution in [0.25, 0.3) is 5.70 Å². The first kappa shape index (κ1) is 94.1. The molecule has 8 aromatic carbocycles. The van der Waals surface area contributed by atoms with E-state index in [2.05, 4.69) is 183 Å². The Balaban J connectivity index is 0.000000138. The summed E-state index contributed by atoms with van der Waals surface area (Å²) in [6.07, 6.45) is 10.6.